The lowest BCUT2D eigenvalue weighted by Gasteiger charge is -2.42. The van der Waals surface area contributed by atoms with Crippen LogP contribution in [0.25, 0.3) is 0 Å². The van der Waals surface area contributed by atoms with Crippen molar-refractivity contribution >= 4 is 23.1 Å². The molecule has 0 bridgehead atoms. The van der Waals surface area contributed by atoms with Crippen LogP contribution < -0.4 is 9.80 Å². The van der Waals surface area contributed by atoms with Gasteiger partial charge in [-0.3, -0.25) is 9.59 Å². The van der Waals surface area contributed by atoms with Crippen LogP contribution in [0.15, 0.2) is 35.7 Å². The molecule has 7 nitrogen and oxygen atoms in total. The van der Waals surface area contributed by atoms with E-state index >= 15 is 0 Å². The Morgan fingerprint density at radius 2 is 1.75 bits per heavy atom. The summed E-state index contributed by atoms with van der Waals surface area (Å²) in [6.07, 6.45) is 0.0950. The summed E-state index contributed by atoms with van der Waals surface area (Å²) in [6.45, 7) is 5.41. The Hall–Kier alpha value is -2.85. The van der Waals surface area contributed by atoms with E-state index in [1.807, 2.05) is 62.0 Å². The summed E-state index contributed by atoms with van der Waals surface area (Å²) < 4.78 is 5.45. The first-order chi connectivity index (χ1) is 13.3. The van der Waals surface area contributed by atoms with E-state index in [4.69, 9.17) is 4.74 Å². The Balaban J connectivity index is 1.76. The van der Waals surface area contributed by atoms with E-state index in [2.05, 4.69) is 6.07 Å². The minimum absolute atomic E-state index is 0.0106. The molecule has 2 aliphatic rings. The second kappa shape index (κ2) is 7.64. The Labute approximate surface area is 165 Å². The van der Waals surface area contributed by atoms with Gasteiger partial charge >= 0.3 is 0 Å². The third-order valence-corrected chi connectivity index (χ3v) is 5.37. The van der Waals surface area contributed by atoms with E-state index in [1.54, 1.807) is 4.90 Å². The molecule has 0 unspecified atom stereocenters. The van der Waals surface area contributed by atoms with Crippen LogP contribution in [0.1, 0.15) is 26.7 Å². The van der Waals surface area contributed by atoms with Crippen LogP contribution in [-0.2, 0) is 14.3 Å². The molecule has 0 N–H and O–H groups in total. The van der Waals surface area contributed by atoms with Gasteiger partial charge in [-0.2, -0.15) is 5.26 Å². The summed E-state index contributed by atoms with van der Waals surface area (Å²) in [5.74, 6) is 0.150. The first-order valence-corrected chi connectivity index (χ1v) is 9.40. The maximum atomic E-state index is 12.8. The first-order valence-electron chi connectivity index (χ1n) is 9.40. The molecule has 1 aromatic carbocycles. The average molecular weight is 382 g/mol. The third-order valence-electron chi connectivity index (χ3n) is 5.37. The number of hydrogen-bond acceptors (Lipinski definition) is 6. The molecule has 1 aromatic rings. The fraction of sp³-hybridized carbons (Fsp3) is 0.476. The number of hydrogen-bond donors (Lipinski definition) is 0. The second-order valence-electron chi connectivity index (χ2n) is 7.75. The predicted octanol–water partition coefficient (Wildman–Crippen LogP) is 2.29. The molecule has 0 radical (unpaired) electrons. The number of ether oxygens (including phenoxy) is 1. The lowest BCUT2D eigenvalue weighted by Crippen LogP contribution is -2.55. The van der Waals surface area contributed by atoms with E-state index in [-0.39, 0.29) is 35.6 Å². The molecule has 148 valence electrons. The van der Waals surface area contributed by atoms with Crippen molar-refractivity contribution in [3.05, 3.63) is 35.7 Å². The summed E-state index contributed by atoms with van der Waals surface area (Å²) in [7, 11) is 3.67. The SMILES string of the molecule is CN1C(=C(C#N)C(=O)CCC(=O)N2CCOCC2(C)C)N(C)c2ccccc21. The summed E-state index contributed by atoms with van der Waals surface area (Å²) in [5.41, 5.74) is 1.57. The van der Waals surface area contributed by atoms with Crippen LogP contribution in [0.5, 0.6) is 0 Å². The molecular weight excluding hydrogens is 356 g/mol. The summed E-state index contributed by atoms with van der Waals surface area (Å²) in [5, 5.41) is 9.67. The topological polar surface area (TPSA) is 76.9 Å². The molecule has 0 aromatic heterocycles. The van der Waals surface area contributed by atoms with Gasteiger partial charge in [0, 0.05) is 33.5 Å². The molecule has 0 aliphatic carbocycles. The van der Waals surface area contributed by atoms with Crippen LogP contribution in [0.3, 0.4) is 0 Å². The molecule has 1 amide bonds. The van der Waals surface area contributed by atoms with Gasteiger partial charge in [-0.25, -0.2) is 0 Å². The van der Waals surface area contributed by atoms with Crippen molar-refractivity contribution in [3.63, 3.8) is 0 Å². The Bertz CT molecular complexity index is 838. The van der Waals surface area contributed by atoms with Gasteiger partial charge in [0.2, 0.25) is 5.91 Å². The van der Waals surface area contributed by atoms with Crippen molar-refractivity contribution < 1.29 is 14.3 Å². The third kappa shape index (κ3) is 3.48. The zero-order chi connectivity index (χ0) is 20.5. The number of carbonyl (C=O) groups excluding carboxylic acids is 2. The van der Waals surface area contributed by atoms with Gasteiger partial charge in [0.25, 0.3) is 0 Å². The van der Waals surface area contributed by atoms with Gasteiger partial charge in [0.1, 0.15) is 17.5 Å². The molecule has 0 atom stereocenters. The number of benzene rings is 1. The maximum absolute atomic E-state index is 12.8. The van der Waals surface area contributed by atoms with Crippen LogP contribution in [0, 0.1) is 11.3 Å². The predicted molar refractivity (Wildman–Crippen MR) is 107 cm³/mol. The van der Waals surface area contributed by atoms with Gasteiger partial charge in [-0.1, -0.05) is 12.1 Å². The lowest BCUT2D eigenvalue weighted by atomic mass is 10.0. The molecule has 2 aliphatic heterocycles. The smallest absolute Gasteiger partial charge is 0.223 e. The largest absolute Gasteiger partial charge is 0.377 e. The highest BCUT2D eigenvalue weighted by atomic mass is 16.5. The quantitative estimate of drug-likeness (QED) is 0.587. The zero-order valence-electron chi connectivity index (χ0n) is 16.9. The number of carbonyl (C=O) groups is 2. The molecule has 0 spiro atoms. The average Bonchev–Trinajstić information content (AvgIpc) is 2.92. The number of amides is 1. The molecule has 28 heavy (non-hydrogen) atoms. The number of nitrogens with zero attached hydrogens (tertiary/aromatic N) is 4. The fourth-order valence-electron chi connectivity index (χ4n) is 3.86. The van der Waals surface area contributed by atoms with Crippen molar-refractivity contribution in [1.82, 2.24) is 4.90 Å². The van der Waals surface area contributed by atoms with E-state index < -0.39 is 0 Å². The van der Waals surface area contributed by atoms with Gasteiger partial charge in [0.15, 0.2) is 5.78 Å². The molecule has 7 heteroatoms. The van der Waals surface area contributed by atoms with Gasteiger partial charge in [-0.15, -0.1) is 0 Å². The standard InChI is InChI=1S/C21H26N4O3/c1-21(2)14-28-12-11-25(21)19(27)10-9-18(26)15(13-22)20-23(3)16-7-5-6-8-17(16)24(20)4/h5-8H,9-12,14H2,1-4H3. The molecule has 2 heterocycles. The van der Waals surface area contributed by atoms with Crippen molar-refractivity contribution in [2.45, 2.75) is 32.2 Å². The Morgan fingerprint density at radius 3 is 2.29 bits per heavy atom. The summed E-state index contributed by atoms with van der Waals surface area (Å²) in [4.78, 5) is 30.9. The molecule has 0 saturated carbocycles. The Kier molecular flexibility index (Phi) is 5.43. The van der Waals surface area contributed by atoms with Gasteiger partial charge in [0.05, 0.1) is 30.1 Å². The van der Waals surface area contributed by atoms with Crippen LogP contribution in [0.2, 0.25) is 0 Å². The number of rotatable bonds is 4. The van der Waals surface area contributed by atoms with Crippen molar-refractivity contribution in [2.24, 2.45) is 0 Å². The van der Waals surface area contributed by atoms with Crippen LogP contribution >= 0.6 is 0 Å². The van der Waals surface area contributed by atoms with E-state index in [0.717, 1.165) is 11.4 Å². The summed E-state index contributed by atoms with van der Waals surface area (Å²) in [6, 6.07) is 9.79. The number of anilines is 2. The number of para-hydroxylation sites is 2. The molecule has 3 rings (SSSR count). The monoisotopic (exact) mass is 382 g/mol. The van der Waals surface area contributed by atoms with E-state index in [9.17, 15) is 14.9 Å². The van der Waals surface area contributed by atoms with E-state index in [1.165, 1.54) is 0 Å². The van der Waals surface area contributed by atoms with Gasteiger partial charge < -0.3 is 19.4 Å². The van der Waals surface area contributed by atoms with Crippen LogP contribution in [-0.4, -0.2) is 56.0 Å². The number of fused-ring (bicyclic) bond motifs is 1. The second-order valence-corrected chi connectivity index (χ2v) is 7.75. The number of Topliss-reactive ketones (excluding diaryl/α,β-unsaturated/α-hetero) is 1. The van der Waals surface area contributed by atoms with Gasteiger partial charge in [-0.05, 0) is 26.0 Å². The number of allylic oxidation sites excluding steroid dienone is 1. The maximum Gasteiger partial charge on any atom is 0.223 e. The first kappa shape index (κ1) is 19.9. The fourth-order valence-corrected chi connectivity index (χ4v) is 3.86. The summed E-state index contributed by atoms with van der Waals surface area (Å²) >= 11 is 0. The molecule has 1 saturated heterocycles. The van der Waals surface area contributed by atoms with E-state index in [0.29, 0.717) is 25.6 Å². The minimum atomic E-state index is -0.386. The highest BCUT2D eigenvalue weighted by Gasteiger charge is 2.35. The Morgan fingerprint density at radius 1 is 1.14 bits per heavy atom. The number of morpholine rings is 1. The number of ketones is 1. The van der Waals surface area contributed by atoms with Crippen molar-refractivity contribution in [3.8, 4) is 6.07 Å². The minimum Gasteiger partial charge on any atom is -0.377 e. The highest BCUT2D eigenvalue weighted by molar-refractivity contribution is 6.03. The molecular formula is C21H26N4O3. The lowest BCUT2D eigenvalue weighted by molar-refractivity contribution is -0.147. The molecule has 1 fully saturated rings. The van der Waals surface area contributed by atoms with Crippen molar-refractivity contribution in [2.75, 3.05) is 43.7 Å². The highest BCUT2D eigenvalue weighted by Crippen LogP contribution is 2.40. The zero-order valence-corrected chi connectivity index (χ0v) is 16.9. The van der Waals surface area contributed by atoms with Crippen molar-refractivity contribution in [1.29, 1.82) is 5.26 Å². The van der Waals surface area contributed by atoms with Crippen LogP contribution in [0.4, 0.5) is 11.4 Å². The number of nitriles is 1. The normalized spacial score (nSPS) is 18.0.